The number of nitrogens with one attached hydrogen (secondary N) is 1. The van der Waals surface area contributed by atoms with Crippen LogP contribution >= 0.6 is 11.6 Å². The van der Waals surface area contributed by atoms with Gasteiger partial charge < -0.3 is 19.9 Å². The van der Waals surface area contributed by atoms with Crippen molar-refractivity contribution in [2.24, 2.45) is 5.73 Å². The fraction of sp³-hybridized carbons (Fsp3) is 0.242. The molecular weight excluding hydrogens is 524 g/mol. The molecule has 206 valence electrons. The number of carbonyl (C=O) groups excluding carboxylic acids is 1. The number of ether oxygens (including phenoxy) is 3. The highest BCUT2D eigenvalue weighted by Gasteiger charge is 2.19. The average molecular weight is 557 g/mol. The lowest BCUT2D eigenvalue weighted by Gasteiger charge is -2.23. The third-order valence-electron chi connectivity index (χ3n) is 6.98. The van der Waals surface area contributed by atoms with Crippen LogP contribution in [0.15, 0.2) is 97.1 Å². The van der Waals surface area contributed by atoms with E-state index in [1.807, 2.05) is 42.5 Å². The number of fused-ring (bicyclic) bond motifs is 1. The largest absolute Gasteiger partial charge is 0.475 e. The van der Waals surface area contributed by atoms with Crippen LogP contribution < -0.4 is 25.3 Å². The molecule has 0 saturated carbocycles. The lowest BCUT2D eigenvalue weighted by Crippen LogP contribution is -2.34. The lowest BCUT2D eigenvalue weighted by molar-refractivity contribution is -0.117. The van der Waals surface area contributed by atoms with Crippen LogP contribution in [0.1, 0.15) is 47.4 Å². The van der Waals surface area contributed by atoms with E-state index >= 15 is 0 Å². The van der Waals surface area contributed by atoms with Crippen molar-refractivity contribution in [2.45, 2.75) is 44.4 Å². The fourth-order valence-electron chi connectivity index (χ4n) is 5.02. The molecule has 0 aromatic heterocycles. The number of nitrogens with two attached hydrogens (primary N) is 1. The van der Waals surface area contributed by atoms with E-state index in [4.69, 9.17) is 31.5 Å². The first-order valence-corrected chi connectivity index (χ1v) is 13.9. The van der Waals surface area contributed by atoms with Gasteiger partial charge in [-0.15, -0.1) is 0 Å². The van der Waals surface area contributed by atoms with Crippen LogP contribution in [0.3, 0.4) is 0 Å². The third kappa shape index (κ3) is 7.34. The van der Waals surface area contributed by atoms with Crippen LogP contribution in [0.4, 0.5) is 0 Å². The molecule has 3 N–H and O–H groups in total. The number of carbonyl (C=O) groups is 1. The van der Waals surface area contributed by atoms with Gasteiger partial charge >= 0.3 is 0 Å². The first kappa shape index (κ1) is 27.6. The van der Waals surface area contributed by atoms with Gasteiger partial charge in [0.25, 0.3) is 0 Å². The van der Waals surface area contributed by atoms with Crippen molar-refractivity contribution >= 4 is 17.5 Å². The number of benzene rings is 4. The Bertz CT molecular complexity index is 1380. The van der Waals surface area contributed by atoms with Crippen molar-refractivity contribution < 1.29 is 19.0 Å². The summed E-state index contributed by atoms with van der Waals surface area (Å²) in [5, 5.41) is 4.14. The lowest BCUT2D eigenvalue weighted by atomic mass is 9.87. The highest BCUT2D eigenvalue weighted by molar-refractivity contribution is 6.31. The summed E-state index contributed by atoms with van der Waals surface area (Å²) < 4.78 is 17.4. The Balaban J connectivity index is 1.31. The summed E-state index contributed by atoms with van der Waals surface area (Å²) in [4.78, 5) is 11.5. The van der Waals surface area contributed by atoms with Crippen LogP contribution in [0, 0.1) is 0 Å². The molecule has 1 heterocycles. The monoisotopic (exact) mass is 556 g/mol. The van der Waals surface area contributed by atoms with Gasteiger partial charge in [0.15, 0.2) is 11.5 Å². The average Bonchev–Trinajstić information content (AvgIpc) is 3.41. The standard InChI is InChI=1S/C33H33ClN2O4/c34-29-20-31-30(38-22-39-31)19-26(29)21-36-33(40-27-14-7-9-23(17-27)18-32(35)37)16-8-15-28(24-10-3-1-4-11-24)25-12-5-2-6-13-25/h1-7,9-14,17,19-20,28,33,36H,8,15-16,18,21-22H2,(H2,35,37). The summed E-state index contributed by atoms with van der Waals surface area (Å²) in [7, 11) is 0. The second kappa shape index (κ2) is 13.4. The molecule has 1 aliphatic rings. The summed E-state index contributed by atoms with van der Waals surface area (Å²) >= 11 is 6.54. The fourth-order valence-corrected chi connectivity index (χ4v) is 5.24. The number of rotatable bonds is 13. The van der Waals surface area contributed by atoms with Crippen LogP contribution in [-0.4, -0.2) is 18.9 Å². The van der Waals surface area contributed by atoms with Crippen molar-refractivity contribution in [3.05, 3.63) is 124 Å². The summed E-state index contributed by atoms with van der Waals surface area (Å²) in [6.07, 6.45) is 2.51. The Labute approximate surface area is 240 Å². The second-order valence-corrected chi connectivity index (χ2v) is 10.3. The molecule has 1 amide bonds. The minimum absolute atomic E-state index is 0.165. The van der Waals surface area contributed by atoms with E-state index in [1.54, 1.807) is 6.07 Å². The summed E-state index contributed by atoms with van der Waals surface area (Å²) in [5.41, 5.74) is 9.71. The number of hydrogen-bond donors (Lipinski definition) is 2. The Morgan fingerprint density at radius 3 is 2.23 bits per heavy atom. The molecule has 0 spiro atoms. The van der Waals surface area contributed by atoms with E-state index in [0.29, 0.717) is 28.8 Å². The molecule has 1 unspecified atom stereocenters. The first-order valence-electron chi connectivity index (χ1n) is 13.5. The van der Waals surface area contributed by atoms with Gasteiger partial charge in [-0.05, 0) is 59.7 Å². The molecule has 6 nitrogen and oxygen atoms in total. The number of hydrogen-bond acceptors (Lipinski definition) is 5. The minimum Gasteiger partial charge on any atom is -0.475 e. The Morgan fingerprint density at radius 1 is 0.875 bits per heavy atom. The molecule has 0 radical (unpaired) electrons. The van der Waals surface area contributed by atoms with Crippen LogP contribution in [0.5, 0.6) is 17.2 Å². The number of amides is 1. The van der Waals surface area contributed by atoms with Gasteiger partial charge in [-0.1, -0.05) is 84.4 Å². The van der Waals surface area contributed by atoms with Crippen molar-refractivity contribution in [1.82, 2.24) is 5.32 Å². The van der Waals surface area contributed by atoms with E-state index in [0.717, 1.165) is 30.4 Å². The van der Waals surface area contributed by atoms with Crippen LogP contribution in [0.2, 0.25) is 5.02 Å². The summed E-state index contributed by atoms with van der Waals surface area (Å²) in [5.74, 6) is 1.92. The predicted molar refractivity (Wildman–Crippen MR) is 157 cm³/mol. The van der Waals surface area contributed by atoms with Gasteiger partial charge in [0.1, 0.15) is 12.0 Å². The molecule has 0 fully saturated rings. The molecule has 0 bridgehead atoms. The smallest absolute Gasteiger partial charge is 0.231 e. The Hall–Kier alpha value is -4.00. The predicted octanol–water partition coefficient (Wildman–Crippen LogP) is 6.59. The summed E-state index contributed by atoms with van der Waals surface area (Å²) in [6, 6.07) is 32.4. The molecule has 1 aliphatic heterocycles. The van der Waals surface area contributed by atoms with Gasteiger partial charge in [0.2, 0.25) is 12.7 Å². The van der Waals surface area contributed by atoms with Crippen molar-refractivity contribution in [1.29, 1.82) is 0 Å². The maximum atomic E-state index is 11.5. The highest BCUT2D eigenvalue weighted by Crippen LogP contribution is 2.37. The summed E-state index contributed by atoms with van der Waals surface area (Å²) in [6.45, 7) is 0.682. The van der Waals surface area contributed by atoms with E-state index in [1.165, 1.54) is 11.1 Å². The van der Waals surface area contributed by atoms with E-state index < -0.39 is 0 Å². The topological polar surface area (TPSA) is 82.8 Å². The van der Waals surface area contributed by atoms with E-state index in [-0.39, 0.29) is 31.3 Å². The molecule has 40 heavy (non-hydrogen) atoms. The second-order valence-electron chi connectivity index (χ2n) is 9.88. The zero-order valence-electron chi connectivity index (χ0n) is 22.2. The van der Waals surface area contributed by atoms with Gasteiger partial charge in [-0.2, -0.15) is 0 Å². The zero-order valence-corrected chi connectivity index (χ0v) is 23.0. The number of halogens is 1. The van der Waals surface area contributed by atoms with Crippen molar-refractivity contribution in [2.75, 3.05) is 6.79 Å². The molecule has 5 rings (SSSR count). The SMILES string of the molecule is NC(=O)Cc1cccc(OC(CCCC(c2ccccc2)c2ccccc2)NCc2cc3c(cc2Cl)OCO3)c1. The van der Waals surface area contributed by atoms with Crippen molar-refractivity contribution in [3.8, 4) is 17.2 Å². The van der Waals surface area contributed by atoms with Crippen molar-refractivity contribution in [3.63, 3.8) is 0 Å². The maximum Gasteiger partial charge on any atom is 0.231 e. The van der Waals surface area contributed by atoms with Gasteiger partial charge in [0, 0.05) is 23.6 Å². The van der Waals surface area contributed by atoms with Gasteiger partial charge in [-0.3, -0.25) is 10.1 Å². The van der Waals surface area contributed by atoms with E-state index in [2.05, 4.69) is 53.8 Å². The zero-order chi connectivity index (χ0) is 27.7. The van der Waals surface area contributed by atoms with Crippen LogP contribution in [-0.2, 0) is 17.8 Å². The Kier molecular flexibility index (Phi) is 9.22. The molecular formula is C33H33ClN2O4. The minimum atomic E-state index is -0.378. The first-order chi connectivity index (χ1) is 19.5. The maximum absolute atomic E-state index is 11.5. The molecule has 0 saturated heterocycles. The Morgan fingerprint density at radius 2 is 1.55 bits per heavy atom. The van der Waals surface area contributed by atoms with Gasteiger partial charge in [-0.25, -0.2) is 0 Å². The normalized spacial score (nSPS) is 12.8. The molecule has 1 atom stereocenters. The third-order valence-corrected chi connectivity index (χ3v) is 7.33. The molecule has 7 heteroatoms. The molecule has 4 aromatic rings. The van der Waals surface area contributed by atoms with E-state index in [9.17, 15) is 4.79 Å². The number of primary amides is 1. The molecule has 0 aliphatic carbocycles. The van der Waals surface area contributed by atoms with Crippen LogP contribution in [0.25, 0.3) is 0 Å². The van der Waals surface area contributed by atoms with Gasteiger partial charge in [0.05, 0.1) is 6.42 Å². The quantitative estimate of drug-likeness (QED) is 0.181. The highest BCUT2D eigenvalue weighted by atomic mass is 35.5. The molecule has 4 aromatic carbocycles.